The lowest BCUT2D eigenvalue weighted by atomic mass is 10.1. The molecule has 1 aromatic heterocycles. The highest BCUT2D eigenvalue weighted by molar-refractivity contribution is 7.99. The Morgan fingerprint density at radius 1 is 1.50 bits per heavy atom. The van der Waals surface area contributed by atoms with Gasteiger partial charge < -0.3 is 9.67 Å². The molecule has 0 saturated heterocycles. The number of imidazole rings is 1. The van der Waals surface area contributed by atoms with Gasteiger partial charge in [-0.2, -0.15) is 0 Å². The summed E-state index contributed by atoms with van der Waals surface area (Å²) in [6.45, 7) is 5.29. The molecular weight excluding hydrogens is 272 g/mol. The lowest BCUT2D eigenvalue weighted by molar-refractivity contribution is -0.133. The van der Waals surface area contributed by atoms with Gasteiger partial charge in [0.1, 0.15) is 0 Å². The SMILES string of the molecule is Cc1cccc2nc(SCC(=O)O)n(CC3(C)CC3)c12. The summed E-state index contributed by atoms with van der Waals surface area (Å²) in [5.41, 5.74) is 3.66. The van der Waals surface area contributed by atoms with Crippen LogP contribution in [-0.4, -0.2) is 26.4 Å². The van der Waals surface area contributed by atoms with Crippen LogP contribution in [0.4, 0.5) is 0 Å². The molecule has 4 nitrogen and oxygen atoms in total. The topological polar surface area (TPSA) is 55.1 Å². The molecule has 2 aromatic rings. The van der Waals surface area contributed by atoms with E-state index in [4.69, 9.17) is 5.11 Å². The number of carboxylic acids is 1. The number of carboxylic acid groups (broad SMARTS) is 1. The molecule has 0 unspecified atom stereocenters. The standard InChI is InChI=1S/C15H18N2O2S/c1-10-4-3-5-11-13(10)17(9-15(2)6-7-15)14(16-11)20-8-12(18)19/h3-5H,6-9H2,1-2H3,(H,18,19). The average Bonchev–Trinajstić information content (AvgIpc) is 2.99. The lowest BCUT2D eigenvalue weighted by Gasteiger charge is -2.14. The van der Waals surface area contributed by atoms with Crippen LogP contribution in [0.25, 0.3) is 11.0 Å². The number of fused-ring (bicyclic) bond motifs is 1. The van der Waals surface area contributed by atoms with Gasteiger partial charge in [0.05, 0.1) is 16.8 Å². The summed E-state index contributed by atoms with van der Waals surface area (Å²) >= 11 is 1.31. The van der Waals surface area contributed by atoms with Crippen molar-refractivity contribution in [2.45, 2.75) is 38.4 Å². The maximum Gasteiger partial charge on any atom is 0.313 e. The zero-order valence-electron chi connectivity index (χ0n) is 11.7. The summed E-state index contributed by atoms with van der Waals surface area (Å²) in [5.74, 6) is -0.748. The van der Waals surface area contributed by atoms with Crippen molar-refractivity contribution in [2.24, 2.45) is 5.41 Å². The van der Waals surface area contributed by atoms with Crippen LogP contribution < -0.4 is 0 Å². The molecular formula is C15H18N2O2S. The number of rotatable bonds is 5. The van der Waals surface area contributed by atoms with Crippen LogP contribution in [0.1, 0.15) is 25.3 Å². The van der Waals surface area contributed by atoms with Gasteiger partial charge in [-0.05, 0) is 36.8 Å². The Labute approximate surface area is 122 Å². The van der Waals surface area contributed by atoms with Gasteiger partial charge in [0, 0.05) is 6.54 Å². The van der Waals surface area contributed by atoms with Crippen molar-refractivity contribution >= 4 is 28.8 Å². The molecule has 5 heteroatoms. The Morgan fingerprint density at radius 2 is 2.25 bits per heavy atom. The maximum absolute atomic E-state index is 10.8. The number of hydrogen-bond donors (Lipinski definition) is 1. The quantitative estimate of drug-likeness (QED) is 0.858. The van der Waals surface area contributed by atoms with Crippen molar-refractivity contribution in [3.05, 3.63) is 23.8 Å². The first-order valence-electron chi connectivity index (χ1n) is 6.79. The second-order valence-corrected chi connectivity index (χ2v) is 6.86. The normalized spacial score (nSPS) is 16.5. The van der Waals surface area contributed by atoms with Crippen molar-refractivity contribution < 1.29 is 9.90 Å². The highest BCUT2D eigenvalue weighted by Gasteiger charge is 2.38. The first-order valence-corrected chi connectivity index (χ1v) is 7.78. The monoisotopic (exact) mass is 290 g/mol. The largest absolute Gasteiger partial charge is 0.481 e. The van der Waals surface area contributed by atoms with E-state index >= 15 is 0 Å². The van der Waals surface area contributed by atoms with Gasteiger partial charge in [-0.25, -0.2) is 4.98 Å². The van der Waals surface area contributed by atoms with Gasteiger partial charge in [-0.3, -0.25) is 4.79 Å². The Kier molecular flexibility index (Phi) is 3.24. The molecule has 1 aliphatic carbocycles. The maximum atomic E-state index is 10.8. The molecule has 1 N–H and O–H groups in total. The summed E-state index contributed by atoms with van der Waals surface area (Å²) < 4.78 is 2.21. The van der Waals surface area contributed by atoms with Crippen LogP contribution in [0.3, 0.4) is 0 Å². The highest BCUT2D eigenvalue weighted by Crippen LogP contribution is 2.47. The van der Waals surface area contributed by atoms with Gasteiger partial charge >= 0.3 is 5.97 Å². The minimum Gasteiger partial charge on any atom is -0.481 e. The summed E-state index contributed by atoms with van der Waals surface area (Å²) in [7, 11) is 0. The van der Waals surface area contributed by atoms with Crippen molar-refractivity contribution in [1.82, 2.24) is 9.55 Å². The Balaban J connectivity index is 2.05. The van der Waals surface area contributed by atoms with Crippen molar-refractivity contribution in [3.8, 4) is 0 Å². The predicted octanol–water partition coefficient (Wildman–Crippen LogP) is 3.32. The van der Waals surface area contributed by atoms with E-state index in [0.29, 0.717) is 5.41 Å². The molecule has 0 aliphatic heterocycles. The Hall–Kier alpha value is -1.49. The van der Waals surface area contributed by atoms with Gasteiger partial charge in [-0.15, -0.1) is 0 Å². The van der Waals surface area contributed by atoms with E-state index in [0.717, 1.165) is 22.7 Å². The molecule has 0 atom stereocenters. The second-order valence-electron chi connectivity index (χ2n) is 5.92. The smallest absolute Gasteiger partial charge is 0.313 e. The fourth-order valence-corrected chi connectivity index (χ4v) is 3.21. The molecule has 0 bridgehead atoms. The van der Waals surface area contributed by atoms with E-state index < -0.39 is 5.97 Å². The Morgan fingerprint density at radius 3 is 2.90 bits per heavy atom. The number of para-hydroxylation sites is 1. The average molecular weight is 290 g/mol. The first kappa shape index (κ1) is 13.5. The number of aryl methyl sites for hydroxylation is 1. The van der Waals surface area contributed by atoms with Crippen molar-refractivity contribution in [3.63, 3.8) is 0 Å². The van der Waals surface area contributed by atoms with Crippen molar-refractivity contribution in [2.75, 3.05) is 5.75 Å². The zero-order valence-corrected chi connectivity index (χ0v) is 12.5. The van der Waals surface area contributed by atoms with Crippen LogP contribution in [0.5, 0.6) is 0 Å². The van der Waals surface area contributed by atoms with Crippen LogP contribution in [0.15, 0.2) is 23.4 Å². The molecule has 106 valence electrons. The minimum atomic E-state index is -0.803. The fourth-order valence-electron chi connectivity index (χ4n) is 2.48. The molecule has 0 amide bonds. The third kappa shape index (κ3) is 2.54. The summed E-state index contributed by atoms with van der Waals surface area (Å²) in [4.78, 5) is 15.4. The molecule has 0 radical (unpaired) electrons. The van der Waals surface area contributed by atoms with Gasteiger partial charge in [0.25, 0.3) is 0 Å². The van der Waals surface area contributed by atoms with Crippen LogP contribution in [-0.2, 0) is 11.3 Å². The van der Waals surface area contributed by atoms with Crippen LogP contribution in [0.2, 0.25) is 0 Å². The van der Waals surface area contributed by atoms with Crippen molar-refractivity contribution in [1.29, 1.82) is 0 Å². The molecule has 1 fully saturated rings. The Bertz CT molecular complexity index is 674. The molecule has 1 saturated carbocycles. The molecule has 1 aliphatic rings. The van der Waals surface area contributed by atoms with E-state index in [1.165, 1.54) is 30.2 Å². The van der Waals surface area contributed by atoms with E-state index in [1.54, 1.807) is 0 Å². The molecule has 20 heavy (non-hydrogen) atoms. The third-order valence-corrected chi connectivity index (χ3v) is 4.86. The number of aliphatic carboxylic acids is 1. The molecule has 1 aromatic carbocycles. The summed E-state index contributed by atoms with van der Waals surface area (Å²) in [5, 5.41) is 9.71. The van der Waals surface area contributed by atoms with Crippen LogP contribution in [0, 0.1) is 12.3 Å². The number of benzene rings is 1. The predicted molar refractivity (Wildman–Crippen MR) is 80.2 cm³/mol. The van der Waals surface area contributed by atoms with Gasteiger partial charge in [0.2, 0.25) is 0 Å². The highest BCUT2D eigenvalue weighted by atomic mass is 32.2. The summed E-state index contributed by atoms with van der Waals surface area (Å²) in [6.07, 6.45) is 2.48. The summed E-state index contributed by atoms with van der Waals surface area (Å²) in [6, 6.07) is 6.08. The van der Waals surface area contributed by atoms with E-state index in [1.807, 2.05) is 12.1 Å². The number of thioether (sulfide) groups is 1. The molecule has 1 heterocycles. The number of hydrogen-bond acceptors (Lipinski definition) is 3. The van der Waals surface area contributed by atoms with Gasteiger partial charge in [-0.1, -0.05) is 30.8 Å². The lowest BCUT2D eigenvalue weighted by Crippen LogP contribution is -2.10. The molecule has 3 rings (SSSR count). The fraction of sp³-hybridized carbons (Fsp3) is 0.467. The molecule has 0 spiro atoms. The van der Waals surface area contributed by atoms with Crippen LogP contribution >= 0.6 is 11.8 Å². The van der Waals surface area contributed by atoms with E-state index in [9.17, 15) is 4.79 Å². The number of aromatic nitrogens is 2. The van der Waals surface area contributed by atoms with Gasteiger partial charge in [0.15, 0.2) is 5.16 Å². The van der Waals surface area contributed by atoms with E-state index in [-0.39, 0.29) is 5.75 Å². The number of nitrogens with zero attached hydrogens (tertiary/aromatic N) is 2. The first-order chi connectivity index (χ1) is 9.48. The minimum absolute atomic E-state index is 0.0546. The zero-order chi connectivity index (χ0) is 14.3. The third-order valence-electron chi connectivity index (χ3n) is 3.90. The second kappa shape index (κ2) is 4.81. The van der Waals surface area contributed by atoms with E-state index in [2.05, 4.69) is 29.5 Å². The number of carbonyl (C=O) groups is 1.